The highest BCUT2D eigenvalue weighted by atomic mass is 16.4. The van der Waals surface area contributed by atoms with Gasteiger partial charge in [-0.15, -0.1) is 0 Å². The maximum atomic E-state index is 11.6. The Hall–Kier alpha value is -2.12. The number of carboxylic acids is 1. The zero-order chi connectivity index (χ0) is 15.7. The molecule has 0 unspecified atom stereocenters. The van der Waals surface area contributed by atoms with E-state index in [0.29, 0.717) is 25.9 Å². The van der Waals surface area contributed by atoms with Gasteiger partial charge in [0.2, 0.25) is 0 Å². The van der Waals surface area contributed by atoms with Gasteiger partial charge >= 0.3 is 12.0 Å². The molecule has 0 aromatic carbocycles. The number of rotatable bonds is 9. The van der Waals surface area contributed by atoms with Crippen LogP contribution < -0.4 is 10.6 Å². The van der Waals surface area contributed by atoms with Gasteiger partial charge in [0.25, 0.3) is 0 Å². The summed E-state index contributed by atoms with van der Waals surface area (Å²) in [5.41, 5.74) is -0.106. The standard InChI is InChI=1S/C13H23N5O3/c1-13(2,5-3-11(19)20)6-8-15-12(21)14-7-4-10-16-9-17-18-10/h9H,3-8H2,1-2H3,(H,19,20)(H2,14,15,21)(H,16,17,18). The summed E-state index contributed by atoms with van der Waals surface area (Å²) < 4.78 is 0. The molecule has 0 aliphatic rings. The molecule has 8 heteroatoms. The largest absolute Gasteiger partial charge is 0.481 e. The van der Waals surface area contributed by atoms with Crippen LogP contribution in [0.4, 0.5) is 4.79 Å². The fraction of sp³-hybridized carbons (Fsp3) is 0.692. The average Bonchev–Trinajstić information content (AvgIpc) is 2.89. The Morgan fingerprint density at radius 1 is 1.29 bits per heavy atom. The molecule has 0 fully saturated rings. The molecular formula is C13H23N5O3. The number of hydrogen-bond donors (Lipinski definition) is 4. The number of amides is 2. The summed E-state index contributed by atoms with van der Waals surface area (Å²) in [7, 11) is 0. The SMILES string of the molecule is CC(C)(CCNC(=O)NCCc1ncn[nH]1)CCC(=O)O. The Morgan fingerprint density at radius 2 is 2.00 bits per heavy atom. The van der Waals surface area contributed by atoms with E-state index < -0.39 is 5.97 Å². The van der Waals surface area contributed by atoms with E-state index in [0.717, 1.165) is 12.2 Å². The van der Waals surface area contributed by atoms with E-state index in [2.05, 4.69) is 25.8 Å². The Bertz CT molecular complexity index is 445. The van der Waals surface area contributed by atoms with E-state index >= 15 is 0 Å². The quantitative estimate of drug-likeness (QED) is 0.540. The number of nitrogens with one attached hydrogen (secondary N) is 3. The lowest BCUT2D eigenvalue weighted by molar-refractivity contribution is -0.137. The third-order valence-electron chi connectivity index (χ3n) is 3.22. The van der Waals surface area contributed by atoms with Crippen molar-refractivity contribution in [2.75, 3.05) is 13.1 Å². The van der Waals surface area contributed by atoms with Crippen LogP contribution in [0.1, 0.15) is 38.9 Å². The molecule has 0 radical (unpaired) electrons. The van der Waals surface area contributed by atoms with Crippen LogP contribution >= 0.6 is 0 Å². The first kappa shape index (κ1) is 16.9. The van der Waals surface area contributed by atoms with Gasteiger partial charge in [-0.2, -0.15) is 5.10 Å². The second-order valence-electron chi connectivity index (χ2n) is 5.67. The number of carboxylic acid groups (broad SMARTS) is 1. The van der Waals surface area contributed by atoms with Crippen molar-refractivity contribution in [3.8, 4) is 0 Å². The highest BCUT2D eigenvalue weighted by Gasteiger charge is 2.19. The van der Waals surface area contributed by atoms with Crippen molar-refractivity contribution in [3.63, 3.8) is 0 Å². The Balaban J connectivity index is 2.10. The number of carbonyl (C=O) groups is 2. The fourth-order valence-electron chi connectivity index (χ4n) is 1.79. The van der Waals surface area contributed by atoms with E-state index in [1.165, 1.54) is 6.33 Å². The molecule has 1 rings (SSSR count). The molecule has 1 aromatic heterocycles. The maximum absolute atomic E-state index is 11.6. The van der Waals surface area contributed by atoms with Crippen molar-refractivity contribution in [3.05, 3.63) is 12.2 Å². The molecule has 2 amide bonds. The second kappa shape index (κ2) is 8.23. The molecule has 1 heterocycles. The Labute approximate surface area is 123 Å². The Kier molecular flexibility index (Phi) is 6.64. The highest BCUT2D eigenvalue weighted by Crippen LogP contribution is 2.25. The molecule has 0 bridgehead atoms. The molecule has 118 valence electrons. The van der Waals surface area contributed by atoms with Crippen LogP contribution in [0.25, 0.3) is 0 Å². The van der Waals surface area contributed by atoms with Crippen molar-refractivity contribution in [2.45, 2.75) is 39.5 Å². The second-order valence-corrected chi connectivity index (χ2v) is 5.67. The summed E-state index contributed by atoms with van der Waals surface area (Å²) in [4.78, 5) is 26.1. The molecule has 1 aromatic rings. The van der Waals surface area contributed by atoms with Crippen molar-refractivity contribution >= 4 is 12.0 Å². The van der Waals surface area contributed by atoms with E-state index in [9.17, 15) is 9.59 Å². The summed E-state index contributed by atoms with van der Waals surface area (Å²) in [5, 5.41) is 20.6. The number of aliphatic carboxylic acids is 1. The number of hydrogen-bond acceptors (Lipinski definition) is 4. The minimum Gasteiger partial charge on any atom is -0.481 e. The number of carbonyl (C=O) groups excluding carboxylic acids is 1. The van der Waals surface area contributed by atoms with E-state index in [4.69, 9.17) is 5.11 Å². The topological polar surface area (TPSA) is 120 Å². The van der Waals surface area contributed by atoms with Crippen LogP contribution in [0.15, 0.2) is 6.33 Å². The molecule has 0 spiro atoms. The van der Waals surface area contributed by atoms with E-state index in [-0.39, 0.29) is 17.9 Å². The van der Waals surface area contributed by atoms with Crippen molar-refractivity contribution < 1.29 is 14.7 Å². The predicted octanol–water partition coefficient (Wildman–Crippen LogP) is 0.927. The number of nitrogens with zero attached hydrogens (tertiary/aromatic N) is 2. The molecule has 0 atom stereocenters. The van der Waals surface area contributed by atoms with Crippen molar-refractivity contribution in [2.24, 2.45) is 5.41 Å². The minimum atomic E-state index is -0.791. The molecular weight excluding hydrogens is 274 g/mol. The lowest BCUT2D eigenvalue weighted by atomic mass is 9.84. The third-order valence-corrected chi connectivity index (χ3v) is 3.22. The minimum absolute atomic E-state index is 0.106. The zero-order valence-electron chi connectivity index (χ0n) is 12.5. The molecule has 0 saturated carbocycles. The molecule has 0 saturated heterocycles. The van der Waals surface area contributed by atoms with Crippen molar-refractivity contribution in [1.82, 2.24) is 25.8 Å². The van der Waals surface area contributed by atoms with Gasteiger partial charge in [-0.1, -0.05) is 13.8 Å². The van der Waals surface area contributed by atoms with Gasteiger partial charge < -0.3 is 15.7 Å². The number of aromatic amines is 1. The maximum Gasteiger partial charge on any atom is 0.314 e. The van der Waals surface area contributed by atoms with Crippen LogP contribution in [-0.2, 0) is 11.2 Å². The molecule has 0 aliphatic heterocycles. The van der Waals surface area contributed by atoms with Gasteiger partial charge in [-0.3, -0.25) is 9.89 Å². The van der Waals surface area contributed by atoms with Gasteiger partial charge in [-0.05, 0) is 18.3 Å². The molecule has 4 N–H and O–H groups in total. The first-order valence-electron chi connectivity index (χ1n) is 6.97. The number of urea groups is 1. The van der Waals surface area contributed by atoms with Gasteiger partial charge in [0.1, 0.15) is 12.2 Å². The summed E-state index contributed by atoms with van der Waals surface area (Å²) in [5.74, 6) is -0.0636. The average molecular weight is 297 g/mol. The molecule has 0 aliphatic carbocycles. The van der Waals surface area contributed by atoms with Crippen LogP contribution in [0.5, 0.6) is 0 Å². The molecule has 8 nitrogen and oxygen atoms in total. The summed E-state index contributed by atoms with van der Waals surface area (Å²) >= 11 is 0. The van der Waals surface area contributed by atoms with Crippen molar-refractivity contribution in [1.29, 1.82) is 0 Å². The third kappa shape index (κ3) is 7.91. The molecule has 21 heavy (non-hydrogen) atoms. The first-order valence-corrected chi connectivity index (χ1v) is 6.97. The fourth-order valence-corrected chi connectivity index (χ4v) is 1.79. The first-order chi connectivity index (χ1) is 9.89. The van der Waals surface area contributed by atoms with Crippen LogP contribution in [0.2, 0.25) is 0 Å². The van der Waals surface area contributed by atoms with Gasteiger partial charge in [-0.25, -0.2) is 9.78 Å². The monoisotopic (exact) mass is 297 g/mol. The Morgan fingerprint density at radius 3 is 2.62 bits per heavy atom. The van der Waals surface area contributed by atoms with Gasteiger partial charge in [0.05, 0.1) is 0 Å². The summed E-state index contributed by atoms with van der Waals surface area (Å²) in [6.07, 6.45) is 3.50. The predicted molar refractivity (Wildman–Crippen MR) is 76.8 cm³/mol. The van der Waals surface area contributed by atoms with Gasteiger partial charge in [0.15, 0.2) is 0 Å². The summed E-state index contributed by atoms with van der Waals surface area (Å²) in [6, 6.07) is -0.233. The highest BCUT2D eigenvalue weighted by molar-refractivity contribution is 5.73. The van der Waals surface area contributed by atoms with E-state index in [1.54, 1.807) is 0 Å². The number of aromatic nitrogens is 3. The van der Waals surface area contributed by atoms with Gasteiger partial charge in [0, 0.05) is 25.9 Å². The van der Waals surface area contributed by atoms with Crippen LogP contribution in [0, 0.1) is 5.41 Å². The smallest absolute Gasteiger partial charge is 0.314 e. The van der Waals surface area contributed by atoms with Crippen LogP contribution in [0.3, 0.4) is 0 Å². The van der Waals surface area contributed by atoms with E-state index in [1.807, 2.05) is 13.8 Å². The number of H-pyrrole nitrogens is 1. The lowest BCUT2D eigenvalue weighted by Crippen LogP contribution is -2.38. The zero-order valence-corrected chi connectivity index (χ0v) is 12.5. The van der Waals surface area contributed by atoms with Crippen LogP contribution in [-0.4, -0.2) is 45.4 Å². The lowest BCUT2D eigenvalue weighted by Gasteiger charge is -2.23. The summed E-state index contributed by atoms with van der Waals surface area (Å²) in [6.45, 7) is 4.99. The normalized spacial score (nSPS) is 11.1.